The summed E-state index contributed by atoms with van der Waals surface area (Å²) >= 11 is 0. The zero-order valence-corrected chi connectivity index (χ0v) is 13.2. The van der Waals surface area contributed by atoms with Crippen LogP contribution in [0.2, 0.25) is 0 Å². The fraction of sp³-hybridized carbons (Fsp3) is 0.263. The molecule has 1 N–H and O–H groups in total. The van der Waals surface area contributed by atoms with Crippen LogP contribution in [0, 0.1) is 12.8 Å². The maximum Gasteiger partial charge on any atom is 0.227 e. The fourth-order valence-electron chi connectivity index (χ4n) is 2.79. The number of anilines is 1. The van der Waals surface area contributed by atoms with E-state index in [1.54, 1.807) is 4.90 Å². The SMILES string of the molecule is Cc1ccc(N2CC(C(=O)NCc3ccccc3)CC2=O)cc1. The Morgan fingerprint density at radius 2 is 1.83 bits per heavy atom. The molecule has 1 aliphatic heterocycles. The van der Waals surface area contributed by atoms with Crippen LogP contribution in [-0.4, -0.2) is 18.4 Å². The number of benzene rings is 2. The smallest absolute Gasteiger partial charge is 0.227 e. The Morgan fingerprint density at radius 1 is 1.13 bits per heavy atom. The second-order valence-corrected chi connectivity index (χ2v) is 5.94. The molecule has 1 fully saturated rings. The first-order chi connectivity index (χ1) is 11.1. The van der Waals surface area contributed by atoms with Crippen LogP contribution in [0.4, 0.5) is 5.69 Å². The van der Waals surface area contributed by atoms with Gasteiger partial charge >= 0.3 is 0 Å². The lowest BCUT2D eigenvalue weighted by atomic mass is 10.1. The Bertz CT molecular complexity index is 695. The van der Waals surface area contributed by atoms with Gasteiger partial charge in [-0.3, -0.25) is 9.59 Å². The minimum Gasteiger partial charge on any atom is -0.352 e. The zero-order valence-electron chi connectivity index (χ0n) is 13.2. The van der Waals surface area contributed by atoms with Crippen molar-refractivity contribution in [3.05, 3.63) is 65.7 Å². The molecule has 2 amide bonds. The Hall–Kier alpha value is -2.62. The van der Waals surface area contributed by atoms with Gasteiger partial charge in [0.05, 0.1) is 5.92 Å². The summed E-state index contributed by atoms with van der Waals surface area (Å²) in [4.78, 5) is 26.2. The van der Waals surface area contributed by atoms with Gasteiger partial charge in [0.1, 0.15) is 0 Å². The molecule has 1 atom stereocenters. The summed E-state index contributed by atoms with van der Waals surface area (Å²) in [6.07, 6.45) is 0.272. The number of hydrogen-bond donors (Lipinski definition) is 1. The third-order valence-electron chi connectivity index (χ3n) is 4.15. The van der Waals surface area contributed by atoms with Gasteiger partial charge in [0.25, 0.3) is 0 Å². The average Bonchev–Trinajstić information content (AvgIpc) is 2.96. The largest absolute Gasteiger partial charge is 0.352 e. The predicted molar refractivity (Wildman–Crippen MR) is 89.9 cm³/mol. The molecular weight excluding hydrogens is 288 g/mol. The van der Waals surface area contributed by atoms with E-state index in [0.717, 1.165) is 16.8 Å². The van der Waals surface area contributed by atoms with E-state index in [1.165, 1.54) is 0 Å². The van der Waals surface area contributed by atoms with Crippen molar-refractivity contribution in [3.63, 3.8) is 0 Å². The van der Waals surface area contributed by atoms with Gasteiger partial charge in [0.2, 0.25) is 11.8 Å². The first-order valence-corrected chi connectivity index (χ1v) is 7.82. The van der Waals surface area contributed by atoms with Crippen molar-refractivity contribution >= 4 is 17.5 Å². The van der Waals surface area contributed by atoms with E-state index >= 15 is 0 Å². The number of nitrogens with zero attached hydrogens (tertiary/aromatic N) is 1. The molecule has 0 radical (unpaired) electrons. The molecule has 0 aromatic heterocycles. The van der Waals surface area contributed by atoms with Crippen molar-refractivity contribution in [2.24, 2.45) is 5.92 Å². The summed E-state index contributed by atoms with van der Waals surface area (Å²) in [5, 5.41) is 2.92. The molecule has 23 heavy (non-hydrogen) atoms. The second-order valence-electron chi connectivity index (χ2n) is 5.94. The van der Waals surface area contributed by atoms with Crippen LogP contribution in [0.5, 0.6) is 0 Å². The van der Waals surface area contributed by atoms with Crippen LogP contribution in [0.1, 0.15) is 17.5 Å². The maximum absolute atomic E-state index is 12.3. The molecule has 1 unspecified atom stereocenters. The number of carbonyl (C=O) groups excluding carboxylic acids is 2. The predicted octanol–water partition coefficient (Wildman–Crippen LogP) is 2.66. The van der Waals surface area contributed by atoms with Crippen molar-refractivity contribution in [2.45, 2.75) is 19.9 Å². The summed E-state index contributed by atoms with van der Waals surface area (Å²) in [6, 6.07) is 17.6. The molecule has 118 valence electrons. The Morgan fingerprint density at radius 3 is 2.52 bits per heavy atom. The van der Waals surface area contributed by atoms with Crippen molar-refractivity contribution < 1.29 is 9.59 Å². The number of carbonyl (C=O) groups is 2. The number of nitrogens with one attached hydrogen (secondary N) is 1. The van der Waals surface area contributed by atoms with E-state index in [0.29, 0.717) is 13.1 Å². The zero-order chi connectivity index (χ0) is 16.2. The third-order valence-corrected chi connectivity index (χ3v) is 4.15. The first kappa shape index (κ1) is 15.3. The lowest BCUT2D eigenvalue weighted by Gasteiger charge is -2.17. The summed E-state index contributed by atoms with van der Waals surface area (Å²) in [6.45, 7) is 2.95. The van der Waals surface area contributed by atoms with Crippen molar-refractivity contribution in [3.8, 4) is 0 Å². The van der Waals surface area contributed by atoms with Gasteiger partial charge in [-0.25, -0.2) is 0 Å². The number of hydrogen-bond acceptors (Lipinski definition) is 2. The molecule has 0 saturated carbocycles. The molecule has 2 aromatic rings. The average molecular weight is 308 g/mol. The highest BCUT2D eigenvalue weighted by Gasteiger charge is 2.34. The summed E-state index contributed by atoms with van der Waals surface area (Å²) < 4.78 is 0. The molecule has 1 saturated heterocycles. The van der Waals surface area contributed by atoms with Crippen LogP contribution >= 0.6 is 0 Å². The molecule has 2 aromatic carbocycles. The summed E-state index contributed by atoms with van der Waals surface area (Å²) in [5.41, 5.74) is 3.07. The van der Waals surface area contributed by atoms with Crippen LogP contribution in [-0.2, 0) is 16.1 Å². The second kappa shape index (κ2) is 6.65. The molecule has 4 heteroatoms. The maximum atomic E-state index is 12.3. The summed E-state index contributed by atoms with van der Waals surface area (Å²) in [5.74, 6) is -0.335. The van der Waals surface area contributed by atoms with Gasteiger partial charge < -0.3 is 10.2 Å². The van der Waals surface area contributed by atoms with E-state index in [4.69, 9.17) is 0 Å². The number of amides is 2. The molecule has 0 spiro atoms. The molecular formula is C19H20N2O2. The molecule has 4 nitrogen and oxygen atoms in total. The number of rotatable bonds is 4. The third kappa shape index (κ3) is 3.59. The van der Waals surface area contributed by atoms with Gasteiger partial charge in [-0.05, 0) is 24.6 Å². The molecule has 0 aliphatic carbocycles. The van der Waals surface area contributed by atoms with E-state index in [-0.39, 0.29) is 24.2 Å². The van der Waals surface area contributed by atoms with E-state index in [1.807, 2.05) is 61.5 Å². The molecule has 0 bridgehead atoms. The van der Waals surface area contributed by atoms with E-state index < -0.39 is 0 Å². The highest BCUT2D eigenvalue weighted by Crippen LogP contribution is 2.25. The van der Waals surface area contributed by atoms with Crippen LogP contribution in [0.25, 0.3) is 0 Å². The normalized spacial score (nSPS) is 17.3. The van der Waals surface area contributed by atoms with Crippen molar-refractivity contribution in [1.29, 1.82) is 0 Å². The molecule has 1 heterocycles. The highest BCUT2D eigenvalue weighted by molar-refractivity contribution is 6.00. The van der Waals surface area contributed by atoms with Crippen LogP contribution in [0.3, 0.4) is 0 Å². The standard InChI is InChI=1S/C19H20N2O2/c1-14-7-9-17(10-8-14)21-13-16(11-18(21)22)19(23)20-12-15-5-3-2-4-6-15/h2-10,16H,11-13H2,1H3,(H,20,23). The van der Waals surface area contributed by atoms with Gasteiger partial charge in [-0.15, -0.1) is 0 Å². The van der Waals surface area contributed by atoms with Crippen molar-refractivity contribution in [2.75, 3.05) is 11.4 Å². The highest BCUT2D eigenvalue weighted by atomic mass is 16.2. The van der Waals surface area contributed by atoms with Crippen molar-refractivity contribution in [1.82, 2.24) is 5.32 Å². The van der Waals surface area contributed by atoms with Gasteiger partial charge in [0.15, 0.2) is 0 Å². The lowest BCUT2D eigenvalue weighted by molar-refractivity contribution is -0.126. The summed E-state index contributed by atoms with van der Waals surface area (Å²) in [7, 11) is 0. The van der Waals surface area contributed by atoms with E-state index in [2.05, 4.69) is 5.32 Å². The monoisotopic (exact) mass is 308 g/mol. The Kier molecular flexibility index (Phi) is 4.42. The first-order valence-electron chi connectivity index (χ1n) is 7.82. The topological polar surface area (TPSA) is 49.4 Å². The Labute approximate surface area is 136 Å². The molecule has 1 aliphatic rings. The van der Waals surface area contributed by atoms with Gasteiger partial charge in [0, 0.05) is 25.2 Å². The minimum atomic E-state index is -0.285. The Balaban J connectivity index is 1.60. The van der Waals surface area contributed by atoms with Crippen LogP contribution in [0.15, 0.2) is 54.6 Å². The molecule has 3 rings (SSSR count). The van der Waals surface area contributed by atoms with Gasteiger partial charge in [-0.1, -0.05) is 48.0 Å². The van der Waals surface area contributed by atoms with Gasteiger partial charge in [-0.2, -0.15) is 0 Å². The fourth-order valence-corrected chi connectivity index (χ4v) is 2.79. The quantitative estimate of drug-likeness (QED) is 0.944. The van der Waals surface area contributed by atoms with E-state index in [9.17, 15) is 9.59 Å². The lowest BCUT2D eigenvalue weighted by Crippen LogP contribution is -2.32. The number of aryl methyl sites for hydroxylation is 1. The minimum absolute atomic E-state index is 0.00807. The van der Waals surface area contributed by atoms with Crippen LogP contribution < -0.4 is 10.2 Å².